The zero-order chi connectivity index (χ0) is 21.6. The molecule has 5 unspecified atom stereocenters. The maximum Gasteiger partial charge on any atom is 0.241 e. The van der Waals surface area contributed by atoms with Crippen molar-refractivity contribution in [1.82, 2.24) is 14.7 Å². The summed E-state index contributed by atoms with van der Waals surface area (Å²) in [4.78, 5) is 31.3. The Morgan fingerprint density at radius 3 is 2.80 bits per heavy atom. The zero-order valence-corrected chi connectivity index (χ0v) is 17.4. The highest BCUT2D eigenvalue weighted by molar-refractivity contribution is 5.87. The molecule has 2 bridgehead atoms. The predicted molar refractivity (Wildman–Crippen MR) is 108 cm³/mol. The van der Waals surface area contributed by atoms with E-state index in [1.165, 1.54) is 12.1 Å². The maximum atomic E-state index is 13.6. The Balaban J connectivity index is 1.39. The molecule has 160 valence electrons. The SMILES string of the molecule is CC1CC(C#N)N(C(=O)C(N)CN2CC3CC2C(=O)N3[C@@H](C)c2cccc(F)c2)C1. The Kier molecular flexibility index (Phi) is 5.51. The normalized spacial score (nSPS) is 30.6. The summed E-state index contributed by atoms with van der Waals surface area (Å²) in [5.74, 6) is -0.235. The van der Waals surface area contributed by atoms with Gasteiger partial charge in [-0.25, -0.2) is 4.39 Å². The summed E-state index contributed by atoms with van der Waals surface area (Å²) >= 11 is 0. The van der Waals surface area contributed by atoms with Gasteiger partial charge in [0.25, 0.3) is 0 Å². The van der Waals surface area contributed by atoms with E-state index in [1.54, 1.807) is 11.0 Å². The van der Waals surface area contributed by atoms with Crippen LogP contribution in [0.1, 0.15) is 38.3 Å². The van der Waals surface area contributed by atoms with Gasteiger partial charge in [0.2, 0.25) is 11.8 Å². The van der Waals surface area contributed by atoms with Crippen molar-refractivity contribution < 1.29 is 14.0 Å². The lowest BCUT2D eigenvalue weighted by Gasteiger charge is -2.38. The molecular formula is C22H28FN5O2. The van der Waals surface area contributed by atoms with Gasteiger partial charge in [0.15, 0.2) is 0 Å². The first-order valence-corrected chi connectivity index (χ1v) is 10.6. The Morgan fingerprint density at radius 1 is 1.37 bits per heavy atom. The molecule has 3 aliphatic heterocycles. The summed E-state index contributed by atoms with van der Waals surface area (Å²) in [5, 5.41) is 9.31. The van der Waals surface area contributed by atoms with E-state index in [-0.39, 0.29) is 41.7 Å². The minimum absolute atomic E-state index is 0.00681. The van der Waals surface area contributed by atoms with Gasteiger partial charge in [0.1, 0.15) is 11.9 Å². The number of likely N-dealkylation sites (tertiary alicyclic amines) is 3. The van der Waals surface area contributed by atoms with Gasteiger partial charge in [-0.1, -0.05) is 19.1 Å². The van der Waals surface area contributed by atoms with Crippen LogP contribution in [0.4, 0.5) is 4.39 Å². The van der Waals surface area contributed by atoms with E-state index in [0.29, 0.717) is 32.5 Å². The largest absolute Gasteiger partial charge is 0.330 e. The molecule has 4 rings (SSSR count). The van der Waals surface area contributed by atoms with Crippen LogP contribution >= 0.6 is 0 Å². The molecule has 8 heteroatoms. The van der Waals surface area contributed by atoms with Gasteiger partial charge in [0, 0.05) is 25.7 Å². The summed E-state index contributed by atoms with van der Waals surface area (Å²) in [7, 11) is 0. The quantitative estimate of drug-likeness (QED) is 0.784. The molecule has 2 N–H and O–H groups in total. The van der Waals surface area contributed by atoms with Crippen molar-refractivity contribution in [2.75, 3.05) is 19.6 Å². The fraction of sp³-hybridized carbons (Fsp3) is 0.591. The van der Waals surface area contributed by atoms with Gasteiger partial charge in [0.05, 0.1) is 24.2 Å². The van der Waals surface area contributed by atoms with Crippen molar-refractivity contribution in [2.24, 2.45) is 11.7 Å². The second kappa shape index (κ2) is 7.97. The number of hydrogen-bond acceptors (Lipinski definition) is 5. The van der Waals surface area contributed by atoms with Crippen LogP contribution in [0.5, 0.6) is 0 Å². The molecule has 3 fully saturated rings. The Morgan fingerprint density at radius 2 is 2.13 bits per heavy atom. The minimum atomic E-state index is -0.757. The van der Waals surface area contributed by atoms with E-state index in [2.05, 4.69) is 6.07 Å². The fourth-order valence-electron chi connectivity index (χ4n) is 5.28. The topological polar surface area (TPSA) is 93.7 Å². The molecule has 1 aromatic rings. The summed E-state index contributed by atoms with van der Waals surface area (Å²) < 4.78 is 13.6. The van der Waals surface area contributed by atoms with Crippen molar-refractivity contribution in [3.05, 3.63) is 35.6 Å². The van der Waals surface area contributed by atoms with Crippen molar-refractivity contribution in [2.45, 2.75) is 56.9 Å². The van der Waals surface area contributed by atoms with Crippen molar-refractivity contribution in [3.63, 3.8) is 0 Å². The molecule has 0 aliphatic carbocycles. The van der Waals surface area contributed by atoms with Crippen LogP contribution in [0.3, 0.4) is 0 Å². The van der Waals surface area contributed by atoms with Crippen LogP contribution in [0.15, 0.2) is 24.3 Å². The molecule has 3 saturated heterocycles. The highest BCUT2D eigenvalue weighted by Gasteiger charge is 2.51. The lowest BCUT2D eigenvalue weighted by atomic mass is 10.1. The van der Waals surface area contributed by atoms with E-state index in [9.17, 15) is 19.2 Å². The number of carbonyl (C=O) groups excluding carboxylic acids is 2. The van der Waals surface area contributed by atoms with Crippen LogP contribution < -0.4 is 5.73 Å². The summed E-state index contributed by atoms with van der Waals surface area (Å²) in [6, 6.07) is 6.90. The van der Waals surface area contributed by atoms with Crippen LogP contribution in [0.2, 0.25) is 0 Å². The third-order valence-electron chi connectivity index (χ3n) is 6.75. The molecule has 3 aliphatic rings. The maximum absolute atomic E-state index is 13.6. The zero-order valence-electron chi connectivity index (χ0n) is 17.4. The number of nitrogens with zero attached hydrogens (tertiary/aromatic N) is 4. The number of halogens is 1. The lowest BCUT2D eigenvalue weighted by molar-refractivity contribution is -0.141. The van der Waals surface area contributed by atoms with Crippen molar-refractivity contribution in [1.29, 1.82) is 5.26 Å². The van der Waals surface area contributed by atoms with Gasteiger partial charge < -0.3 is 15.5 Å². The first-order valence-electron chi connectivity index (χ1n) is 10.6. The third kappa shape index (κ3) is 3.57. The number of rotatable bonds is 5. The third-order valence-corrected chi connectivity index (χ3v) is 6.75. The second-order valence-corrected chi connectivity index (χ2v) is 8.92. The average molecular weight is 413 g/mol. The molecule has 2 amide bonds. The van der Waals surface area contributed by atoms with Gasteiger partial charge in [-0.05, 0) is 43.4 Å². The van der Waals surface area contributed by atoms with E-state index < -0.39 is 12.1 Å². The van der Waals surface area contributed by atoms with Crippen molar-refractivity contribution >= 4 is 11.8 Å². The Hall–Kier alpha value is -2.50. The standard InChI is InChI=1S/C22H28FN5O2/c1-13-6-17(9-24)27(10-13)21(29)19(25)12-26-11-18-8-20(26)22(30)28(18)14(2)15-4-3-5-16(23)7-15/h3-5,7,13-14,17-20H,6,8,10-12,25H2,1-2H3/t13?,14-,17?,18?,19?,20?/m0/s1. The molecule has 3 heterocycles. The molecule has 0 radical (unpaired) electrons. The highest BCUT2D eigenvalue weighted by atomic mass is 19.1. The van der Waals surface area contributed by atoms with E-state index in [0.717, 1.165) is 5.56 Å². The predicted octanol–water partition coefficient (Wildman–Crippen LogP) is 1.26. The number of nitrogens with two attached hydrogens (primary N) is 1. The van der Waals surface area contributed by atoms with Gasteiger partial charge in [-0.3, -0.25) is 14.5 Å². The van der Waals surface area contributed by atoms with Crippen LogP contribution in [0, 0.1) is 23.1 Å². The molecule has 7 nitrogen and oxygen atoms in total. The Labute approximate surface area is 176 Å². The average Bonchev–Trinajstić information content (AvgIpc) is 3.39. The van der Waals surface area contributed by atoms with Crippen LogP contribution in [0.25, 0.3) is 0 Å². The number of benzene rings is 1. The number of fused-ring (bicyclic) bond motifs is 2. The highest BCUT2D eigenvalue weighted by Crippen LogP contribution is 2.38. The second-order valence-electron chi connectivity index (χ2n) is 8.92. The summed E-state index contributed by atoms with van der Waals surface area (Å²) in [6.07, 6.45) is 1.37. The number of carbonyl (C=O) groups is 2. The number of amides is 2. The molecule has 0 aromatic heterocycles. The van der Waals surface area contributed by atoms with Gasteiger partial charge in [-0.15, -0.1) is 0 Å². The Bertz CT molecular complexity index is 887. The van der Waals surface area contributed by atoms with E-state index in [4.69, 9.17) is 5.73 Å². The minimum Gasteiger partial charge on any atom is -0.330 e. The summed E-state index contributed by atoms with van der Waals surface area (Å²) in [5.41, 5.74) is 6.99. The molecule has 30 heavy (non-hydrogen) atoms. The summed E-state index contributed by atoms with van der Waals surface area (Å²) in [6.45, 7) is 5.44. The van der Waals surface area contributed by atoms with Crippen LogP contribution in [-0.4, -0.2) is 70.3 Å². The molecule has 1 aromatic carbocycles. The van der Waals surface area contributed by atoms with Gasteiger partial charge >= 0.3 is 0 Å². The number of nitriles is 1. The van der Waals surface area contributed by atoms with Crippen molar-refractivity contribution in [3.8, 4) is 6.07 Å². The van der Waals surface area contributed by atoms with Crippen LogP contribution in [-0.2, 0) is 9.59 Å². The molecule has 0 spiro atoms. The molecule has 6 atom stereocenters. The first kappa shape index (κ1) is 20.8. The smallest absolute Gasteiger partial charge is 0.241 e. The lowest BCUT2D eigenvalue weighted by Crippen LogP contribution is -2.56. The fourth-order valence-corrected chi connectivity index (χ4v) is 5.28. The number of piperazine rings is 1. The number of hydrogen-bond donors (Lipinski definition) is 1. The molecule has 0 saturated carbocycles. The van der Waals surface area contributed by atoms with Gasteiger partial charge in [-0.2, -0.15) is 5.26 Å². The molecular weight excluding hydrogens is 385 g/mol. The monoisotopic (exact) mass is 413 g/mol. The van der Waals surface area contributed by atoms with E-state index >= 15 is 0 Å². The van der Waals surface area contributed by atoms with E-state index in [1.807, 2.05) is 29.7 Å². The first-order chi connectivity index (χ1) is 14.3.